The molecule has 2 N–H and O–H groups in total. The van der Waals surface area contributed by atoms with Gasteiger partial charge in [0, 0.05) is 56.0 Å². The molecule has 0 saturated carbocycles. The van der Waals surface area contributed by atoms with E-state index in [-0.39, 0.29) is 23.7 Å². The lowest BCUT2D eigenvalue weighted by molar-refractivity contribution is -0.138. The van der Waals surface area contributed by atoms with Crippen LogP contribution in [-0.4, -0.2) is 82.9 Å². The van der Waals surface area contributed by atoms with Gasteiger partial charge in [-0.25, -0.2) is 14.8 Å². The highest BCUT2D eigenvalue weighted by molar-refractivity contribution is 5.78. The molecule has 2 saturated heterocycles. The fourth-order valence-electron chi connectivity index (χ4n) is 5.26. The average molecular weight is 518 g/mol. The molecule has 0 spiro atoms. The summed E-state index contributed by atoms with van der Waals surface area (Å²) in [5, 5.41) is 12.8. The maximum Gasteiger partial charge on any atom is 0.388 e. The van der Waals surface area contributed by atoms with Crippen LogP contribution in [0.15, 0.2) is 30.5 Å². The summed E-state index contributed by atoms with van der Waals surface area (Å²) < 4.78 is 34.8. The van der Waals surface area contributed by atoms with E-state index in [2.05, 4.69) is 21.1 Å². The van der Waals surface area contributed by atoms with Crippen molar-refractivity contribution in [3.63, 3.8) is 0 Å². The molecule has 10 nitrogen and oxygen atoms in total. The van der Waals surface area contributed by atoms with Gasteiger partial charge in [-0.1, -0.05) is 12.1 Å². The first-order valence-electron chi connectivity index (χ1n) is 12.3. The van der Waals surface area contributed by atoms with Crippen molar-refractivity contribution < 1.29 is 33.0 Å². The monoisotopic (exact) mass is 517 g/mol. The Morgan fingerprint density at radius 1 is 1.24 bits per heavy atom. The van der Waals surface area contributed by atoms with Crippen molar-refractivity contribution in [1.82, 2.24) is 19.8 Å². The largest absolute Gasteiger partial charge is 0.481 e. The van der Waals surface area contributed by atoms with Gasteiger partial charge in [0.05, 0.1) is 25.7 Å². The second-order valence-corrected chi connectivity index (χ2v) is 9.83. The first-order chi connectivity index (χ1) is 17.8. The number of aryl methyl sites for hydroxylation is 1. The fraction of sp³-hybridized carbons (Fsp3) is 0.520. The lowest BCUT2D eigenvalue weighted by Gasteiger charge is -2.43. The number of pyridine rings is 2. The van der Waals surface area contributed by atoms with E-state index in [1.165, 1.54) is 28.8 Å². The average Bonchev–Trinajstić information content (AvgIpc) is 3.20. The van der Waals surface area contributed by atoms with Crippen LogP contribution in [0.5, 0.6) is 5.88 Å². The van der Waals surface area contributed by atoms with Crippen molar-refractivity contribution >= 4 is 17.8 Å². The Kier molecular flexibility index (Phi) is 7.09. The molecule has 0 bridgehead atoms. The molecule has 12 heteroatoms. The number of carbonyl (C=O) groups excluding carboxylic acids is 1. The lowest BCUT2D eigenvalue weighted by atomic mass is 9.80. The number of anilines is 1. The molecule has 198 valence electrons. The van der Waals surface area contributed by atoms with Crippen LogP contribution in [0.2, 0.25) is 0 Å². The van der Waals surface area contributed by atoms with Crippen molar-refractivity contribution in [3.8, 4) is 5.88 Å². The standard InChI is InChI=1S/C25H29F2N5O5/c26-23(27)37-20-6-4-17(12-29-20)19(10-21(33)34)32-9-8-31(24(32)35)13-25(14-36-15-25)11-18-5-3-16-2-1-7-28-22(16)30-18/h3-6,12,19,23H,1-2,7-11,13-15H2,(H,28,30)(H,33,34)/t19-/m0/s1. The van der Waals surface area contributed by atoms with E-state index in [0.717, 1.165) is 30.9 Å². The smallest absolute Gasteiger partial charge is 0.388 e. The van der Waals surface area contributed by atoms with Gasteiger partial charge in [0.1, 0.15) is 5.82 Å². The summed E-state index contributed by atoms with van der Waals surface area (Å²) in [6, 6.07) is 5.81. The van der Waals surface area contributed by atoms with E-state index in [0.29, 0.717) is 44.8 Å². The molecule has 0 unspecified atom stereocenters. The zero-order chi connectivity index (χ0) is 26.0. The normalized spacial score (nSPS) is 19.3. The van der Waals surface area contributed by atoms with Gasteiger partial charge in [-0.05, 0) is 30.0 Å². The second kappa shape index (κ2) is 10.4. The van der Waals surface area contributed by atoms with E-state index in [9.17, 15) is 23.5 Å². The first-order valence-corrected chi connectivity index (χ1v) is 12.3. The van der Waals surface area contributed by atoms with Crippen LogP contribution in [0.1, 0.15) is 35.7 Å². The maximum atomic E-state index is 13.4. The number of urea groups is 1. The molecule has 5 heterocycles. The molecule has 3 aliphatic rings. The van der Waals surface area contributed by atoms with Crippen molar-refractivity contribution in [2.45, 2.75) is 38.3 Å². The number of fused-ring (bicyclic) bond motifs is 1. The summed E-state index contributed by atoms with van der Waals surface area (Å²) >= 11 is 0. The molecule has 2 amide bonds. The van der Waals surface area contributed by atoms with Crippen molar-refractivity contribution in [2.75, 3.05) is 44.7 Å². The summed E-state index contributed by atoms with van der Waals surface area (Å²) in [7, 11) is 0. The molecule has 5 rings (SSSR count). The van der Waals surface area contributed by atoms with Crippen LogP contribution in [-0.2, 0) is 22.4 Å². The Labute approximate surface area is 212 Å². The number of amides is 2. The quantitative estimate of drug-likeness (QED) is 0.494. The number of halogens is 2. The van der Waals surface area contributed by atoms with Gasteiger partial charge in [0.25, 0.3) is 0 Å². The van der Waals surface area contributed by atoms with E-state index < -0.39 is 18.6 Å². The topological polar surface area (TPSA) is 117 Å². The number of rotatable bonds is 10. The number of ether oxygens (including phenoxy) is 2. The molecule has 0 aromatic carbocycles. The number of carboxylic acid groups (broad SMARTS) is 1. The molecule has 0 radical (unpaired) electrons. The molecule has 2 fully saturated rings. The van der Waals surface area contributed by atoms with Crippen molar-refractivity contribution in [2.24, 2.45) is 5.41 Å². The van der Waals surface area contributed by atoms with E-state index in [4.69, 9.17) is 9.72 Å². The summed E-state index contributed by atoms with van der Waals surface area (Å²) in [6.07, 6.45) is 3.71. The lowest BCUT2D eigenvalue weighted by Crippen LogP contribution is -2.53. The molecule has 0 aliphatic carbocycles. The van der Waals surface area contributed by atoms with Crippen molar-refractivity contribution in [1.29, 1.82) is 0 Å². The van der Waals surface area contributed by atoms with Crippen LogP contribution in [0.3, 0.4) is 0 Å². The summed E-state index contributed by atoms with van der Waals surface area (Å²) in [4.78, 5) is 36.9. The molecular weight excluding hydrogens is 488 g/mol. The number of nitrogens with one attached hydrogen (secondary N) is 1. The number of hydrogen-bond donors (Lipinski definition) is 2. The minimum Gasteiger partial charge on any atom is -0.481 e. The van der Waals surface area contributed by atoms with Crippen LogP contribution in [0.4, 0.5) is 19.4 Å². The highest BCUT2D eigenvalue weighted by atomic mass is 19.3. The number of hydrogen-bond acceptors (Lipinski definition) is 7. The first kappa shape index (κ1) is 25.1. The number of aromatic nitrogens is 2. The Morgan fingerprint density at radius 3 is 2.76 bits per heavy atom. The van der Waals surface area contributed by atoms with Gasteiger partial charge in [-0.3, -0.25) is 4.79 Å². The van der Waals surface area contributed by atoms with Gasteiger partial charge < -0.3 is 29.7 Å². The molecule has 2 aromatic rings. The van der Waals surface area contributed by atoms with Crippen molar-refractivity contribution in [3.05, 3.63) is 47.3 Å². The van der Waals surface area contributed by atoms with E-state index in [1.807, 2.05) is 6.07 Å². The number of carbonyl (C=O) groups is 2. The molecule has 2 aromatic heterocycles. The highest BCUT2D eigenvalue weighted by Crippen LogP contribution is 2.36. The SMILES string of the molecule is O=C(O)C[C@@H](c1ccc(OC(F)F)nc1)N1CCN(CC2(Cc3ccc4c(n3)NCCC4)COC2)C1=O. The number of nitrogens with zero attached hydrogens (tertiary/aromatic N) is 4. The Bertz CT molecular complexity index is 1140. The highest BCUT2D eigenvalue weighted by Gasteiger charge is 2.45. The van der Waals surface area contributed by atoms with Gasteiger partial charge in [0.2, 0.25) is 5.88 Å². The number of aliphatic carboxylic acids is 1. The third-order valence-electron chi connectivity index (χ3n) is 7.08. The summed E-state index contributed by atoms with van der Waals surface area (Å²) in [6.45, 7) is 0.157. The zero-order valence-corrected chi connectivity index (χ0v) is 20.2. The molecule has 3 aliphatic heterocycles. The summed E-state index contributed by atoms with van der Waals surface area (Å²) in [5.41, 5.74) is 2.33. The van der Waals surface area contributed by atoms with Crippen LogP contribution >= 0.6 is 0 Å². The maximum absolute atomic E-state index is 13.4. The zero-order valence-electron chi connectivity index (χ0n) is 20.2. The third kappa shape index (κ3) is 5.58. The molecular formula is C25H29F2N5O5. The minimum atomic E-state index is -3.02. The molecule has 37 heavy (non-hydrogen) atoms. The van der Waals surface area contributed by atoms with Gasteiger partial charge >= 0.3 is 18.6 Å². The Morgan fingerprint density at radius 2 is 2.08 bits per heavy atom. The van der Waals surface area contributed by atoms with Gasteiger partial charge in [-0.2, -0.15) is 8.78 Å². The van der Waals surface area contributed by atoms with Crippen LogP contribution < -0.4 is 10.1 Å². The Hall–Kier alpha value is -3.54. The molecule has 1 atom stereocenters. The predicted octanol–water partition coefficient (Wildman–Crippen LogP) is 2.95. The Balaban J connectivity index is 1.28. The van der Waals surface area contributed by atoms with E-state index >= 15 is 0 Å². The van der Waals surface area contributed by atoms with E-state index in [1.54, 1.807) is 4.90 Å². The third-order valence-corrected chi connectivity index (χ3v) is 7.08. The summed E-state index contributed by atoms with van der Waals surface area (Å²) in [5.74, 6) is -0.433. The van der Waals surface area contributed by atoms with Gasteiger partial charge in [-0.15, -0.1) is 0 Å². The predicted molar refractivity (Wildman–Crippen MR) is 128 cm³/mol. The number of carboxylic acids is 1. The van der Waals surface area contributed by atoms with Crippen LogP contribution in [0, 0.1) is 5.41 Å². The second-order valence-electron chi connectivity index (χ2n) is 9.83. The fourth-order valence-corrected chi connectivity index (χ4v) is 5.26. The minimum absolute atomic E-state index is 0.264. The van der Waals surface area contributed by atoms with Crippen LogP contribution in [0.25, 0.3) is 0 Å². The number of alkyl halides is 2. The van der Waals surface area contributed by atoms with Gasteiger partial charge in [0.15, 0.2) is 0 Å².